The van der Waals surface area contributed by atoms with E-state index in [0.29, 0.717) is 0 Å². The van der Waals surface area contributed by atoms with E-state index in [1.807, 2.05) is 10.3 Å². The maximum atomic E-state index is 2.34. The Morgan fingerprint density at radius 1 is 0.800 bits per heavy atom. The molecule has 0 aliphatic heterocycles. The lowest BCUT2D eigenvalue weighted by atomic mass is 10.2. The van der Waals surface area contributed by atoms with Crippen LogP contribution in [0.25, 0.3) is 21.8 Å². The van der Waals surface area contributed by atoms with Gasteiger partial charge in [0, 0.05) is 10.8 Å². The second-order valence-corrected chi connectivity index (χ2v) is 5.34. The normalized spacial score (nSPS) is 11.2. The number of fused-ring (bicyclic) bond motifs is 3. The first-order valence-electron chi connectivity index (χ1n) is 4.94. The van der Waals surface area contributed by atoms with E-state index in [1.54, 1.807) is 0 Å². The van der Waals surface area contributed by atoms with Gasteiger partial charge >= 0.3 is 15.2 Å². The number of para-hydroxylation sites is 2. The van der Waals surface area contributed by atoms with Crippen molar-refractivity contribution in [1.82, 2.24) is 3.97 Å². The fourth-order valence-electron chi connectivity index (χ4n) is 2.08. The molecule has 3 rings (SSSR count). The second-order valence-electron chi connectivity index (χ2n) is 3.51. The smallest absolute Gasteiger partial charge is 0.304 e. The van der Waals surface area contributed by atoms with Crippen molar-refractivity contribution in [3.8, 4) is 0 Å². The van der Waals surface area contributed by atoms with Gasteiger partial charge < -0.3 is 3.97 Å². The molecule has 0 unspecified atom stereocenters. The lowest BCUT2D eigenvalue weighted by Gasteiger charge is -2.01. The second kappa shape index (κ2) is 3.61. The quantitative estimate of drug-likeness (QED) is 0.579. The highest BCUT2D eigenvalue weighted by Crippen LogP contribution is 2.30. The van der Waals surface area contributed by atoms with Crippen molar-refractivity contribution >= 4 is 47.3 Å². The Bertz CT molecular complexity index is 576. The number of hydrogen-bond donors (Lipinski definition) is 0. The highest BCUT2D eigenvalue weighted by molar-refractivity contribution is 8.18. The van der Waals surface area contributed by atoms with Gasteiger partial charge in [0.15, 0.2) is 0 Å². The van der Waals surface area contributed by atoms with Crippen LogP contribution in [0, 0.1) is 0 Å². The minimum Gasteiger partial charge on any atom is -0.304 e. The monoisotopic (exact) mass is 227 g/mol. The van der Waals surface area contributed by atoms with Crippen molar-refractivity contribution in [2.24, 2.45) is 0 Å². The van der Waals surface area contributed by atoms with Crippen LogP contribution in [-0.4, -0.2) is 19.1 Å². The summed E-state index contributed by atoms with van der Waals surface area (Å²) in [6, 6.07) is 17.2. The van der Waals surface area contributed by atoms with Gasteiger partial charge in [-0.15, -0.1) is 0 Å². The third-order valence-corrected chi connectivity index (χ3v) is 4.57. The molecule has 0 fully saturated rings. The molecule has 1 aromatic heterocycles. The van der Waals surface area contributed by atoms with Gasteiger partial charge in [-0.25, -0.2) is 0 Å². The first kappa shape index (κ1) is 9.36. The van der Waals surface area contributed by atoms with Crippen LogP contribution < -0.4 is 0 Å². The van der Waals surface area contributed by atoms with Gasteiger partial charge in [0.1, 0.15) is 0 Å². The van der Waals surface area contributed by atoms with Crippen LogP contribution in [0.2, 0.25) is 0 Å². The standard InChI is InChI=1S/C12H8NS.Al.2H/c14-13-11-7-3-1-5-9(11)10-6-2-4-8-12(10)13;;;/h1-8H;;;/q-1;+1;;. The van der Waals surface area contributed by atoms with Crippen LogP contribution in [0.15, 0.2) is 48.5 Å². The minimum atomic E-state index is 1.11. The zero-order valence-corrected chi connectivity index (χ0v) is 11.3. The Labute approximate surface area is 99.7 Å². The van der Waals surface area contributed by atoms with E-state index in [4.69, 9.17) is 0 Å². The average Bonchev–Trinajstić information content (AvgIpc) is 2.63. The van der Waals surface area contributed by atoms with E-state index >= 15 is 0 Å². The van der Waals surface area contributed by atoms with Gasteiger partial charge in [0.2, 0.25) is 0 Å². The third kappa shape index (κ3) is 1.32. The van der Waals surface area contributed by atoms with Gasteiger partial charge in [-0.3, -0.25) is 0 Å². The molecule has 0 radical (unpaired) electrons. The summed E-state index contributed by atoms with van der Waals surface area (Å²) in [7, 11) is 1.89. The molecule has 0 N–H and O–H groups in total. The molecule has 72 valence electrons. The van der Waals surface area contributed by atoms with E-state index in [1.165, 1.54) is 21.8 Å². The summed E-state index contributed by atoms with van der Waals surface area (Å²) in [5, 5.41) is 2.72. The number of rotatable bonds is 1. The summed E-state index contributed by atoms with van der Waals surface area (Å²) in [4.78, 5) is 0. The number of benzene rings is 2. The fourth-order valence-corrected chi connectivity index (χ4v) is 3.98. The van der Waals surface area contributed by atoms with E-state index in [0.717, 1.165) is 15.2 Å². The lowest BCUT2D eigenvalue weighted by Crippen LogP contribution is -1.83. The molecular weight excluding hydrogens is 217 g/mol. The van der Waals surface area contributed by atoms with Crippen LogP contribution in [0.1, 0.15) is 0 Å². The zero-order valence-electron chi connectivity index (χ0n) is 8.47. The van der Waals surface area contributed by atoms with Crippen molar-refractivity contribution in [3.05, 3.63) is 48.5 Å². The predicted octanol–water partition coefficient (Wildman–Crippen LogP) is 2.84. The Kier molecular flexibility index (Phi) is 2.25. The molecule has 1 nitrogen and oxygen atoms in total. The van der Waals surface area contributed by atoms with E-state index in [-0.39, 0.29) is 0 Å². The van der Waals surface area contributed by atoms with Gasteiger partial charge in [0.05, 0.1) is 11.0 Å². The van der Waals surface area contributed by atoms with Crippen LogP contribution >= 0.6 is 10.3 Å². The molecule has 1 heterocycles. The molecule has 2 aromatic carbocycles. The van der Waals surface area contributed by atoms with Crippen molar-refractivity contribution in [1.29, 1.82) is 0 Å². The zero-order chi connectivity index (χ0) is 10.3. The molecule has 0 amide bonds. The van der Waals surface area contributed by atoms with Gasteiger partial charge in [-0.1, -0.05) is 36.4 Å². The number of nitrogens with zero attached hydrogens (tertiary/aromatic N) is 1. The van der Waals surface area contributed by atoms with E-state index in [9.17, 15) is 0 Å². The first-order valence-corrected chi connectivity index (χ1v) is 8.57. The summed E-state index contributed by atoms with van der Waals surface area (Å²) < 4.78 is 2.34. The van der Waals surface area contributed by atoms with Crippen LogP contribution in [0.3, 0.4) is 0 Å². The van der Waals surface area contributed by atoms with E-state index < -0.39 is 0 Å². The number of hydrogen-bond acceptors (Lipinski definition) is 1. The van der Waals surface area contributed by atoms with Crippen molar-refractivity contribution in [2.75, 3.05) is 0 Å². The van der Waals surface area contributed by atoms with E-state index in [2.05, 4.69) is 52.5 Å². The van der Waals surface area contributed by atoms with Crippen LogP contribution in [0.4, 0.5) is 0 Å². The Morgan fingerprint density at radius 2 is 1.27 bits per heavy atom. The maximum Gasteiger partial charge on any atom is 0.338 e. The fraction of sp³-hybridized carbons (Fsp3) is 0. The van der Waals surface area contributed by atoms with Gasteiger partial charge in [0.25, 0.3) is 0 Å². The molecule has 0 aliphatic carbocycles. The SMILES string of the molecule is [AlH2][S]n1c2ccccc2c2ccccc21. The maximum absolute atomic E-state index is 2.34. The summed E-state index contributed by atoms with van der Waals surface area (Å²) in [5.74, 6) is 0. The summed E-state index contributed by atoms with van der Waals surface area (Å²) >= 11 is 1.11. The van der Waals surface area contributed by atoms with Crippen molar-refractivity contribution in [2.45, 2.75) is 0 Å². The highest BCUT2D eigenvalue weighted by atomic mass is 32.3. The summed E-state index contributed by atoms with van der Waals surface area (Å²) in [6.07, 6.45) is 0. The molecule has 0 aliphatic rings. The Morgan fingerprint density at radius 3 is 1.73 bits per heavy atom. The third-order valence-electron chi connectivity index (χ3n) is 2.72. The molecule has 0 bridgehead atoms. The topological polar surface area (TPSA) is 4.93 Å². The Hall–Kier alpha value is -0.878. The first-order chi connectivity index (χ1) is 7.42. The van der Waals surface area contributed by atoms with Crippen LogP contribution in [-0.2, 0) is 0 Å². The molecule has 0 saturated carbocycles. The minimum absolute atomic E-state index is 1.11. The molecule has 0 saturated heterocycles. The molecule has 3 aromatic rings. The Balaban J connectivity index is 2.62. The molecule has 3 heteroatoms. The molecule has 15 heavy (non-hydrogen) atoms. The summed E-state index contributed by atoms with van der Waals surface area (Å²) in [6.45, 7) is 0. The van der Waals surface area contributed by atoms with Crippen molar-refractivity contribution in [3.63, 3.8) is 0 Å². The van der Waals surface area contributed by atoms with Gasteiger partial charge in [-0.2, -0.15) is 10.3 Å². The molecular formula is C12H10AlNS. The predicted molar refractivity (Wildman–Crippen MR) is 71.0 cm³/mol. The number of aromatic nitrogens is 1. The van der Waals surface area contributed by atoms with Crippen LogP contribution in [0.5, 0.6) is 0 Å². The van der Waals surface area contributed by atoms with Crippen molar-refractivity contribution < 1.29 is 0 Å². The molecule has 0 spiro atoms. The molecule has 0 atom stereocenters. The highest BCUT2D eigenvalue weighted by Gasteiger charge is 2.07. The van der Waals surface area contributed by atoms with Gasteiger partial charge in [-0.05, 0) is 12.1 Å². The lowest BCUT2D eigenvalue weighted by molar-refractivity contribution is 1.44. The summed E-state index contributed by atoms with van der Waals surface area (Å²) in [5.41, 5.74) is 2.66. The largest absolute Gasteiger partial charge is 0.338 e. The average molecular weight is 227 g/mol.